The van der Waals surface area contributed by atoms with Crippen LogP contribution in [0.15, 0.2) is 23.0 Å². The standard InChI is InChI=1S/C12H14BrN3O2/c13-6-2-1-3-11(17)14-8-4-5-9-10(7-8)16-12(18)15-9/h4-5,7H,1-3,6H2,(H,14,17)(H2,15,16,18). The molecule has 0 radical (unpaired) electrons. The lowest BCUT2D eigenvalue weighted by atomic mass is 10.2. The summed E-state index contributed by atoms with van der Waals surface area (Å²) in [5.74, 6) is -0.00631. The van der Waals surface area contributed by atoms with Gasteiger partial charge in [-0.2, -0.15) is 0 Å². The molecule has 1 aromatic carbocycles. The molecule has 0 unspecified atom stereocenters. The smallest absolute Gasteiger partial charge is 0.323 e. The Bertz CT molecular complexity index is 603. The van der Waals surface area contributed by atoms with Crippen molar-refractivity contribution in [1.82, 2.24) is 9.97 Å². The second-order valence-electron chi connectivity index (χ2n) is 4.03. The number of amides is 1. The number of aromatic nitrogens is 2. The lowest BCUT2D eigenvalue weighted by Gasteiger charge is -2.04. The molecule has 1 aromatic heterocycles. The highest BCUT2D eigenvalue weighted by atomic mass is 79.9. The van der Waals surface area contributed by atoms with Gasteiger partial charge in [-0.15, -0.1) is 0 Å². The molecule has 0 fully saturated rings. The normalized spacial score (nSPS) is 10.7. The minimum absolute atomic E-state index is 0.00631. The van der Waals surface area contributed by atoms with Crippen molar-refractivity contribution in [3.05, 3.63) is 28.7 Å². The number of fused-ring (bicyclic) bond motifs is 1. The first-order chi connectivity index (χ1) is 8.69. The van der Waals surface area contributed by atoms with Gasteiger partial charge < -0.3 is 15.3 Å². The Labute approximate surface area is 112 Å². The van der Waals surface area contributed by atoms with E-state index >= 15 is 0 Å². The summed E-state index contributed by atoms with van der Waals surface area (Å²) in [7, 11) is 0. The molecule has 0 saturated carbocycles. The van der Waals surface area contributed by atoms with E-state index in [1.807, 2.05) is 0 Å². The van der Waals surface area contributed by atoms with Crippen molar-refractivity contribution in [2.24, 2.45) is 0 Å². The summed E-state index contributed by atoms with van der Waals surface area (Å²) < 4.78 is 0. The number of imidazole rings is 1. The van der Waals surface area contributed by atoms with E-state index in [2.05, 4.69) is 31.2 Å². The maximum absolute atomic E-state index is 11.6. The summed E-state index contributed by atoms with van der Waals surface area (Å²) in [6.45, 7) is 0. The first kappa shape index (κ1) is 12.9. The number of hydrogen-bond acceptors (Lipinski definition) is 2. The first-order valence-corrected chi connectivity index (χ1v) is 6.89. The number of aromatic amines is 2. The van der Waals surface area contributed by atoms with Crippen LogP contribution in [0.2, 0.25) is 0 Å². The molecule has 1 amide bonds. The Morgan fingerprint density at radius 3 is 2.78 bits per heavy atom. The number of hydrogen-bond donors (Lipinski definition) is 3. The third-order valence-electron chi connectivity index (χ3n) is 2.59. The van der Waals surface area contributed by atoms with Crippen LogP contribution in [0.3, 0.4) is 0 Å². The Morgan fingerprint density at radius 2 is 2.00 bits per heavy atom. The Kier molecular flexibility index (Phi) is 4.19. The lowest BCUT2D eigenvalue weighted by molar-refractivity contribution is -0.116. The molecule has 96 valence electrons. The number of carbonyl (C=O) groups excluding carboxylic acids is 1. The highest BCUT2D eigenvalue weighted by Gasteiger charge is 2.04. The SMILES string of the molecule is O=C(CCCCBr)Nc1ccc2[nH]c(=O)[nH]c2c1. The second-order valence-corrected chi connectivity index (χ2v) is 4.83. The molecule has 0 bridgehead atoms. The summed E-state index contributed by atoms with van der Waals surface area (Å²) in [5.41, 5.74) is 1.88. The average molecular weight is 312 g/mol. The molecular weight excluding hydrogens is 298 g/mol. The van der Waals surface area contributed by atoms with E-state index in [0.717, 1.165) is 23.7 Å². The number of unbranched alkanes of at least 4 members (excludes halogenated alkanes) is 1. The van der Waals surface area contributed by atoms with Gasteiger partial charge in [-0.25, -0.2) is 4.79 Å². The molecule has 5 nitrogen and oxygen atoms in total. The van der Waals surface area contributed by atoms with E-state index in [0.29, 0.717) is 17.6 Å². The van der Waals surface area contributed by atoms with Crippen molar-refractivity contribution in [2.45, 2.75) is 19.3 Å². The molecule has 3 N–H and O–H groups in total. The Morgan fingerprint density at radius 1 is 1.22 bits per heavy atom. The number of benzene rings is 1. The van der Waals surface area contributed by atoms with Crippen molar-refractivity contribution in [2.75, 3.05) is 10.6 Å². The minimum Gasteiger partial charge on any atom is -0.326 e. The van der Waals surface area contributed by atoms with Crippen LogP contribution in [-0.2, 0) is 4.79 Å². The van der Waals surface area contributed by atoms with Crippen molar-refractivity contribution in [3.8, 4) is 0 Å². The van der Waals surface area contributed by atoms with E-state index in [4.69, 9.17) is 0 Å². The van der Waals surface area contributed by atoms with Crippen LogP contribution in [0.5, 0.6) is 0 Å². The van der Waals surface area contributed by atoms with Gasteiger partial charge in [0.05, 0.1) is 11.0 Å². The molecule has 0 saturated heterocycles. The van der Waals surface area contributed by atoms with Gasteiger partial charge in [-0.3, -0.25) is 4.79 Å². The van der Waals surface area contributed by atoms with Crippen molar-refractivity contribution < 1.29 is 4.79 Å². The van der Waals surface area contributed by atoms with Gasteiger partial charge in [0.2, 0.25) is 5.91 Å². The first-order valence-electron chi connectivity index (χ1n) is 5.77. The lowest BCUT2D eigenvalue weighted by Crippen LogP contribution is -2.10. The Hall–Kier alpha value is -1.56. The minimum atomic E-state index is -0.245. The number of H-pyrrole nitrogens is 2. The largest absolute Gasteiger partial charge is 0.326 e. The number of anilines is 1. The van der Waals surface area contributed by atoms with E-state index in [1.54, 1.807) is 18.2 Å². The maximum Gasteiger partial charge on any atom is 0.323 e. The number of nitrogens with one attached hydrogen (secondary N) is 3. The van der Waals surface area contributed by atoms with Crippen LogP contribution < -0.4 is 11.0 Å². The van der Waals surface area contributed by atoms with E-state index < -0.39 is 0 Å². The molecular formula is C12H14BrN3O2. The van der Waals surface area contributed by atoms with Gasteiger partial charge in [0.25, 0.3) is 0 Å². The molecule has 0 aliphatic carbocycles. The molecule has 0 aliphatic heterocycles. The molecule has 0 spiro atoms. The molecule has 2 aromatic rings. The number of carbonyl (C=O) groups is 1. The Balaban J connectivity index is 2.02. The fraction of sp³-hybridized carbons (Fsp3) is 0.333. The van der Waals surface area contributed by atoms with E-state index in [9.17, 15) is 9.59 Å². The predicted molar refractivity (Wildman–Crippen MR) is 75.2 cm³/mol. The monoisotopic (exact) mass is 311 g/mol. The van der Waals surface area contributed by atoms with Crippen LogP contribution in [0.4, 0.5) is 5.69 Å². The molecule has 6 heteroatoms. The summed E-state index contributed by atoms with van der Waals surface area (Å²) in [6.07, 6.45) is 2.35. The summed E-state index contributed by atoms with van der Waals surface area (Å²) in [4.78, 5) is 28.0. The average Bonchev–Trinajstić information content (AvgIpc) is 2.69. The molecule has 18 heavy (non-hydrogen) atoms. The summed E-state index contributed by atoms with van der Waals surface area (Å²) in [5, 5.41) is 3.73. The summed E-state index contributed by atoms with van der Waals surface area (Å²) in [6, 6.07) is 5.28. The van der Waals surface area contributed by atoms with Crippen LogP contribution in [0.1, 0.15) is 19.3 Å². The zero-order valence-electron chi connectivity index (χ0n) is 9.75. The van der Waals surface area contributed by atoms with Crippen molar-refractivity contribution in [1.29, 1.82) is 0 Å². The highest BCUT2D eigenvalue weighted by Crippen LogP contribution is 2.15. The van der Waals surface area contributed by atoms with Gasteiger partial charge in [-0.05, 0) is 31.0 Å². The predicted octanol–water partition coefficient (Wildman–Crippen LogP) is 2.36. The summed E-state index contributed by atoms with van der Waals surface area (Å²) >= 11 is 3.33. The number of rotatable bonds is 5. The van der Waals surface area contributed by atoms with Crippen molar-refractivity contribution in [3.63, 3.8) is 0 Å². The fourth-order valence-electron chi connectivity index (χ4n) is 1.71. The van der Waals surface area contributed by atoms with Crippen LogP contribution in [-0.4, -0.2) is 21.2 Å². The topological polar surface area (TPSA) is 77.8 Å². The zero-order valence-corrected chi connectivity index (χ0v) is 11.3. The van der Waals surface area contributed by atoms with Crippen LogP contribution in [0, 0.1) is 0 Å². The van der Waals surface area contributed by atoms with Gasteiger partial charge in [0, 0.05) is 17.4 Å². The van der Waals surface area contributed by atoms with Crippen molar-refractivity contribution >= 4 is 38.6 Å². The third kappa shape index (κ3) is 3.22. The maximum atomic E-state index is 11.6. The second kappa shape index (κ2) is 5.86. The van der Waals surface area contributed by atoms with Crippen LogP contribution >= 0.6 is 15.9 Å². The molecule has 1 heterocycles. The zero-order chi connectivity index (χ0) is 13.0. The number of alkyl halides is 1. The van der Waals surface area contributed by atoms with Gasteiger partial charge in [-0.1, -0.05) is 15.9 Å². The van der Waals surface area contributed by atoms with Gasteiger partial charge >= 0.3 is 5.69 Å². The van der Waals surface area contributed by atoms with E-state index in [-0.39, 0.29) is 11.6 Å². The molecule has 0 aliphatic rings. The third-order valence-corrected chi connectivity index (χ3v) is 3.15. The van der Waals surface area contributed by atoms with Gasteiger partial charge in [0.1, 0.15) is 0 Å². The van der Waals surface area contributed by atoms with Gasteiger partial charge in [0.15, 0.2) is 0 Å². The van der Waals surface area contributed by atoms with Crippen LogP contribution in [0.25, 0.3) is 11.0 Å². The highest BCUT2D eigenvalue weighted by molar-refractivity contribution is 9.09. The quantitative estimate of drug-likeness (QED) is 0.585. The molecule has 2 rings (SSSR count). The van der Waals surface area contributed by atoms with E-state index in [1.165, 1.54) is 0 Å². The molecule has 0 atom stereocenters. The fourth-order valence-corrected chi connectivity index (χ4v) is 2.11. The number of halogens is 1.